The molecule has 4 aliphatic rings. The van der Waals surface area contributed by atoms with Crippen molar-refractivity contribution >= 4 is 70.1 Å². The number of nitrogens with zero attached hydrogens (tertiary/aromatic N) is 2. The Morgan fingerprint density at radius 1 is 0.735 bits per heavy atom. The van der Waals surface area contributed by atoms with Crippen LogP contribution in [0.25, 0.3) is 0 Å². The molecule has 0 aromatic heterocycles. The quantitative estimate of drug-likeness (QED) is 0.0741. The van der Waals surface area contributed by atoms with E-state index in [1.165, 1.54) is 0 Å². The Kier molecular flexibility index (Phi) is 19.0. The average molecular weight is 990 g/mol. The highest BCUT2D eigenvalue weighted by molar-refractivity contribution is 8.00. The molecule has 0 spiro atoms. The summed E-state index contributed by atoms with van der Waals surface area (Å²) in [5.74, 6) is 6.45. The first-order chi connectivity index (χ1) is 32.5. The van der Waals surface area contributed by atoms with Gasteiger partial charge in [-0.15, -0.1) is 23.5 Å². The monoisotopic (exact) mass is 989 g/mol. The summed E-state index contributed by atoms with van der Waals surface area (Å²) in [6, 6.07) is 15.8. The van der Waals surface area contributed by atoms with E-state index in [2.05, 4.69) is 66.1 Å². The lowest BCUT2D eigenvalue weighted by atomic mass is 9.79. The summed E-state index contributed by atoms with van der Waals surface area (Å²) in [5, 5.41) is 15.3. The van der Waals surface area contributed by atoms with Crippen molar-refractivity contribution in [2.24, 2.45) is 10.8 Å². The van der Waals surface area contributed by atoms with Crippen molar-refractivity contribution in [3.63, 3.8) is 0 Å². The Labute approximate surface area is 417 Å². The van der Waals surface area contributed by atoms with Gasteiger partial charge in [-0.05, 0) is 87.1 Å². The largest absolute Gasteiger partial charge is 0.368 e. The van der Waals surface area contributed by atoms with Gasteiger partial charge in [-0.25, -0.2) is 0 Å². The lowest BCUT2D eigenvalue weighted by molar-refractivity contribution is -0.143. The number of likely N-dealkylation sites (N-methyl/N-ethyl adjacent to an activating group) is 2. The molecule has 6 rings (SSSR count). The van der Waals surface area contributed by atoms with Crippen LogP contribution in [-0.2, 0) is 33.4 Å². The lowest BCUT2D eigenvalue weighted by Crippen LogP contribution is -2.58. The van der Waals surface area contributed by atoms with E-state index in [-0.39, 0.29) is 85.0 Å². The number of benzene rings is 2. The maximum Gasteiger partial charge on any atom is 0.246 e. The normalized spacial score (nSPS) is 25.8. The molecule has 4 amide bonds. The van der Waals surface area contributed by atoms with Crippen LogP contribution in [0.2, 0.25) is 0 Å². The van der Waals surface area contributed by atoms with Crippen molar-refractivity contribution in [2.45, 2.75) is 133 Å². The number of rotatable bonds is 19. The first-order valence-electron chi connectivity index (χ1n) is 23.8. The Balaban J connectivity index is 1.06. The van der Waals surface area contributed by atoms with Crippen LogP contribution in [0.4, 0.5) is 0 Å². The van der Waals surface area contributed by atoms with E-state index in [4.69, 9.17) is 21.7 Å². The number of nitrogens with one attached hydrogen (secondary N) is 5. The third kappa shape index (κ3) is 13.0. The molecule has 4 heterocycles. The van der Waals surface area contributed by atoms with Crippen LogP contribution in [-0.4, -0.2) is 143 Å². The maximum atomic E-state index is 14.5. The third-order valence-corrected chi connectivity index (χ3v) is 16.7. The highest BCUT2D eigenvalue weighted by atomic mass is 32.2. The number of Topliss-reactive ketones (excluding diaryl/α,β-unsaturated/α-hetero) is 1. The third-order valence-electron chi connectivity index (χ3n) is 13.8. The van der Waals surface area contributed by atoms with E-state index in [0.717, 1.165) is 16.9 Å². The van der Waals surface area contributed by atoms with Gasteiger partial charge in [-0.1, -0.05) is 112 Å². The minimum atomic E-state index is -0.698. The van der Waals surface area contributed by atoms with Gasteiger partial charge in [0.1, 0.15) is 31.3 Å². The second-order valence-corrected chi connectivity index (χ2v) is 22.7. The minimum Gasteiger partial charge on any atom is -0.368 e. The summed E-state index contributed by atoms with van der Waals surface area (Å²) in [5.41, 5.74) is 0.882. The first-order valence-corrected chi connectivity index (χ1v) is 26.3. The van der Waals surface area contributed by atoms with Crippen LogP contribution < -0.4 is 26.6 Å². The van der Waals surface area contributed by atoms with Gasteiger partial charge in [0.15, 0.2) is 5.78 Å². The summed E-state index contributed by atoms with van der Waals surface area (Å²) >= 11 is 9.00. The number of amides is 4. The van der Waals surface area contributed by atoms with Gasteiger partial charge in [-0.3, -0.25) is 24.0 Å². The molecule has 5 N–H and O–H groups in total. The number of ketones is 1. The molecule has 0 radical (unpaired) electrons. The number of ether oxygens (including phenoxy) is 2. The summed E-state index contributed by atoms with van der Waals surface area (Å²) in [7, 11) is 3.53. The van der Waals surface area contributed by atoms with Crippen molar-refractivity contribution in [2.75, 3.05) is 52.0 Å². The summed E-state index contributed by atoms with van der Waals surface area (Å²) in [6.45, 7) is 12.5. The second kappa shape index (κ2) is 24.2. The number of carbonyl (C=O) groups is 5. The molecular weight excluding hydrogens is 919 g/mol. The Bertz CT molecular complexity index is 2010. The summed E-state index contributed by atoms with van der Waals surface area (Å²) < 4.78 is 12.2. The van der Waals surface area contributed by atoms with Gasteiger partial charge in [0.05, 0.1) is 53.1 Å². The second-order valence-electron chi connectivity index (χ2n) is 19.7. The molecule has 14 nitrogen and oxygen atoms in total. The summed E-state index contributed by atoms with van der Waals surface area (Å²) in [6.07, 6.45) is 2.66. The van der Waals surface area contributed by atoms with E-state index in [1.54, 1.807) is 47.3 Å². The van der Waals surface area contributed by atoms with Crippen molar-refractivity contribution in [1.29, 1.82) is 0 Å². The van der Waals surface area contributed by atoms with E-state index >= 15 is 0 Å². The minimum absolute atomic E-state index is 0.0343. The van der Waals surface area contributed by atoms with Gasteiger partial charge < -0.3 is 45.9 Å². The molecule has 0 saturated carbocycles. The van der Waals surface area contributed by atoms with Crippen molar-refractivity contribution in [3.05, 3.63) is 71.8 Å². The Hall–Kier alpha value is -4.02. The van der Waals surface area contributed by atoms with Crippen LogP contribution in [0, 0.1) is 22.7 Å². The number of carbonyl (C=O) groups excluding carboxylic acids is 5. The molecule has 1 unspecified atom stereocenters. The molecule has 17 heteroatoms. The highest BCUT2D eigenvalue weighted by Gasteiger charge is 2.56. The molecule has 68 heavy (non-hydrogen) atoms. The van der Waals surface area contributed by atoms with Crippen LogP contribution in [0.1, 0.15) is 96.7 Å². The molecule has 0 aliphatic carbocycles. The van der Waals surface area contributed by atoms with Gasteiger partial charge in [-0.2, -0.15) is 0 Å². The van der Waals surface area contributed by atoms with E-state index < -0.39 is 47.1 Å². The van der Waals surface area contributed by atoms with Gasteiger partial charge >= 0.3 is 0 Å². The van der Waals surface area contributed by atoms with Crippen molar-refractivity contribution in [1.82, 2.24) is 36.4 Å². The zero-order valence-electron chi connectivity index (χ0n) is 40.8. The predicted octanol–water partition coefficient (Wildman–Crippen LogP) is 4.79. The van der Waals surface area contributed by atoms with Crippen molar-refractivity contribution in [3.8, 4) is 11.8 Å². The van der Waals surface area contributed by atoms with E-state index in [1.807, 2.05) is 74.6 Å². The standard InChI is InChI=1S/C51H71N7O7S3/c1-32(52-7)45(60)54-37-21-25-67-41-28-50(3,4)43(57(41)48(37)62)40(59)27-36(34-17-11-9-12-18-34)30-64-23-15-16-24-65-31-39(35-19-13-10-14-20-35)55-46(61)44-51(5,6)29-42-58(44)49(63)38(22-26-68-42)56-47(66)33(2)53-8/h9-14,17-20,32-33,36-39,41-44,52-53H,21-31H2,1-8H3,(H,54,60)(H,55,61)(H,56,66)/t32-,33-,36+,37-,38-,39+,41?,42-,43+,44+/m0/s1. The number of hydrogen-bond donors (Lipinski definition) is 5. The molecule has 370 valence electrons. The molecule has 10 atom stereocenters. The fourth-order valence-electron chi connectivity index (χ4n) is 9.76. The fourth-order valence-corrected chi connectivity index (χ4v) is 13.2. The predicted molar refractivity (Wildman–Crippen MR) is 274 cm³/mol. The summed E-state index contributed by atoms with van der Waals surface area (Å²) in [4.78, 5) is 74.2. The molecule has 4 fully saturated rings. The number of hydrogen-bond acceptors (Lipinski definition) is 12. The van der Waals surface area contributed by atoms with Crippen LogP contribution in [0.5, 0.6) is 0 Å². The number of thioether (sulfide) groups is 2. The molecule has 2 aromatic carbocycles. The van der Waals surface area contributed by atoms with Crippen LogP contribution in [0.3, 0.4) is 0 Å². The van der Waals surface area contributed by atoms with Gasteiger partial charge in [0, 0.05) is 12.3 Å². The zero-order chi connectivity index (χ0) is 49.2. The van der Waals surface area contributed by atoms with E-state index in [9.17, 15) is 24.0 Å². The SMILES string of the molecule is CN[C@@H](C)C(=O)N[C@H]1CCSC2CC(C)(C)[C@@H](C(=O)C[C@H](COCC#CCOC[C@@H](NC(=O)[C@H]3N4C(=O)[C@@H](NC(=S)[C@H](C)NC)CCS[C@H]4CC3(C)C)c3ccccc3)c3ccccc3)N2C1=O. The Morgan fingerprint density at radius 2 is 1.24 bits per heavy atom. The fraction of sp³-hybridized carbons (Fsp3) is 0.608. The first kappa shape index (κ1) is 53.3. The van der Waals surface area contributed by atoms with Gasteiger partial charge in [0.2, 0.25) is 23.6 Å². The smallest absolute Gasteiger partial charge is 0.246 e. The molecule has 4 aliphatic heterocycles. The van der Waals surface area contributed by atoms with Crippen LogP contribution in [0.15, 0.2) is 60.7 Å². The topological polar surface area (TPSA) is 170 Å². The lowest BCUT2D eigenvalue weighted by Gasteiger charge is -2.35. The van der Waals surface area contributed by atoms with Crippen LogP contribution >= 0.6 is 35.7 Å². The molecular formula is C51H71N7O7S3. The molecule has 4 saturated heterocycles. The van der Waals surface area contributed by atoms with Crippen molar-refractivity contribution < 1.29 is 33.4 Å². The van der Waals surface area contributed by atoms with Gasteiger partial charge in [0.25, 0.3) is 0 Å². The number of fused-ring (bicyclic) bond motifs is 2. The average Bonchev–Trinajstić information content (AvgIpc) is 3.64. The molecule has 0 bridgehead atoms. The van der Waals surface area contributed by atoms with E-state index in [0.29, 0.717) is 36.4 Å². The highest BCUT2D eigenvalue weighted by Crippen LogP contribution is 2.48. The molecule has 2 aromatic rings. The Morgan fingerprint density at radius 3 is 1.79 bits per heavy atom. The zero-order valence-corrected chi connectivity index (χ0v) is 43.3. The number of thiocarbonyl (C=S) groups is 1. The maximum absolute atomic E-state index is 14.5.